The second-order valence-electron chi connectivity index (χ2n) is 2.03. The van der Waals surface area contributed by atoms with E-state index in [2.05, 4.69) is 10.9 Å². The maximum absolute atomic E-state index is 10.6. The van der Waals surface area contributed by atoms with Crippen LogP contribution in [0.2, 0.25) is 0 Å². The summed E-state index contributed by atoms with van der Waals surface area (Å²) in [6.07, 6.45) is 1.41. The van der Waals surface area contributed by atoms with Crippen molar-refractivity contribution in [3.8, 4) is 0 Å². The van der Waals surface area contributed by atoms with Crippen LogP contribution in [0, 0.1) is 0 Å². The van der Waals surface area contributed by atoms with E-state index >= 15 is 0 Å². The average Bonchev–Trinajstić information content (AvgIpc) is 2.35. The van der Waals surface area contributed by atoms with E-state index in [1.807, 2.05) is 5.43 Å². The molecule has 2 amide bonds. The lowest BCUT2D eigenvalue weighted by Crippen LogP contribution is -2.30. The molecule has 0 aliphatic carbocycles. The Bertz CT molecular complexity index is 223. The summed E-state index contributed by atoms with van der Waals surface area (Å²) in [4.78, 5) is 21.1. The molecule has 0 aromatic heterocycles. The molecular weight excluding hydrogens is 148 g/mol. The van der Waals surface area contributed by atoms with Crippen molar-refractivity contribution in [2.75, 3.05) is 0 Å². The highest BCUT2D eigenvalue weighted by Gasteiger charge is 2.13. The number of hydrogen-bond donors (Lipinski definition) is 4. The molecule has 0 spiro atoms. The molecular formula is C5H8N4O2. The number of nitrogens with two attached hydrogens (primary N) is 1. The molecule has 0 unspecified atom stereocenters. The molecule has 1 fully saturated rings. The number of hydrogen-bond acceptors (Lipinski definition) is 4. The summed E-state index contributed by atoms with van der Waals surface area (Å²) in [5, 5.41) is 0. The van der Waals surface area contributed by atoms with Gasteiger partial charge in [0.05, 0.1) is 6.42 Å². The molecule has 60 valence electrons. The van der Waals surface area contributed by atoms with Gasteiger partial charge in [-0.25, -0.2) is 5.84 Å². The first-order valence-corrected chi connectivity index (χ1v) is 2.98. The quantitative estimate of drug-likeness (QED) is 0.151. The first-order valence-electron chi connectivity index (χ1n) is 2.98. The van der Waals surface area contributed by atoms with Crippen molar-refractivity contribution in [3.05, 3.63) is 11.8 Å². The Hall–Kier alpha value is -1.56. The fourth-order valence-electron chi connectivity index (χ4n) is 0.698. The minimum Gasteiger partial charge on any atom is -0.302 e. The van der Waals surface area contributed by atoms with Crippen molar-refractivity contribution >= 4 is 11.8 Å². The monoisotopic (exact) mass is 156 g/mol. The Balaban J connectivity index is 2.54. The first-order chi connectivity index (χ1) is 5.22. The normalized spacial score (nSPS) is 19.4. The van der Waals surface area contributed by atoms with Gasteiger partial charge in [0.15, 0.2) is 0 Å². The molecule has 0 radical (unpaired) electrons. The van der Waals surface area contributed by atoms with E-state index in [1.165, 1.54) is 6.08 Å². The fourth-order valence-corrected chi connectivity index (χ4v) is 0.698. The van der Waals surface area contributed by atoms with Crippen LogP contribution < -0.4 is 22.1 Å². The van der Waals surface area contributed by atoms with Crippen molar-refractivity contribution < 1.29 is 9.59 Å². The number of hydrazine groups is 2. The van der Waals surface area contributed by atoms with Gasteiger partial charge in [-0.2, -0.15) is 0 Å². The molecule has 0 bridgehead atoms. The highest BCUT2D eigenvalue weighted by Crippen LogP contribution is 2.00. The van der Waals surface area contributed by atoms with Crippen LogP contribution in [-0.2, 0) is 9.59 Å². The number of carbonyl (C=O) groups excluding carboxylic acids is 2. The van der Waals surface area contributed by atoms with Gasteiger partial charge in [-0.1, -0.05) is 0 Å². The van der Waals surface area contributed by atoms with E-state index in [-0.39, 0.29) is 12.3 Å². The van der Waals surface area contributed by atoms with Crippen LogP contribution in [0.4, 0.5) is 0 Å². The Kier molecular flexibility index (Phi) is 2.07. The number of amides is 2. The number of carbonyl (C=O) groups is 2. The topological polar surface area (TPSA) is 96.2 Å². The molecule has 11 heavy (non-hydrogen) atoms. The number of nitrogens with one attached hydrogen (secondary N) is 3. The average molecular weight is 156 g/mol. The molecule has 1 rings (SSSR count). The Morgan fingerprint density at radius 1 is 1.64 bits per heavy atom. The molecule has 0 atom stereocenters. The van der Waals surface area contributed by atoms with Gasteiger partial charge < -0.3 is 5.43 Å². The minimum absolute atomic E-state index is 0.166. The lowest BCUT2D eigenvalue weighted by Gasteiger charge is -1.95. The van der Waals surface area contributed by atoms with Gasteiger partial charge in [0.25, 0.3) is 5.91 Å². The van der Waals surface area contributed by atoms with Crippen LogP contribution in [0.3, 0.4) is 0 Å². The van der Waals surface area contributed by atoms with Crippen LogP contribution in [0.15, 0.2) is 11.8 Å². The van der Waals surface area contributed by atoms with Crippen LogP contribution >= 0.6 is 0 Å². The van der Waals surface area contributed by atoms with Crippen LogP contribution in [0.25, 0.3) is 0 Å². The van der Waals surface area contributed by atoms with E-state index in [1.54, 1.807) is 0 Å². The number of rotatable bonds is 1. The lowest BCUT2D eigenvalue weighted by molar-refractivity contribution is -0.119. The molecule has 0 aromatic rings. The largest absolute Gasteiger partial charge is 0.302 e. The third-order valence-electron chi connectivity index (χ3n) is 1.16. The molecule has 0 aromatic carbocycles. The van der Waals surface area contributed by atoms with Gasteiger partial charge in [-0.15, -0.1) is 0 Å². The molecule has 5 N–H and O–H groups in total. The van der Waals surface area contributed by atoms with Gasteiger partial charge in [-0.05, 0) is 0 Å². The smallest absolute Gasteiger partial charge is 0.259 e. The summed E-state index contributed by atoms with van der Waals surface area (Å²) >= 11 is 0. The predicted octanol–water partition coefficient (Wildman–Crippen LogP) is -2.12. The maximum Gasteiger partial charge on any atom is 0.259 e. The summed E-state index contributed by atoms with van der Waals surface area (Å²) in [5.41, 5.74) is 7.26. The van der Waals surface area contributed by atoms with Crippen molar-refractivity contribution in [1.82, 2.24) is 16.3 Å². The van der Waals surface area contributed by atoms with Crippen molar-refractivity contribution in [1.29, 1.82) is 0 Å². The van der Waals surface area contributed by atoms with Gasteiger partial charge in [0, 0.05) is 11.8 Å². The first kappa shape index (κ1) is 7.55. The zero-order valence-electron chi connectivity index (χ0n) is 5.68. The van der Waals surface area contributed by atoms with E-state index < -0.39 is 5.91 Å². The molecule has 1 saturated heterocycles. The van der Waals surface area contributed by atoms with Crippen molar-refractivity contribution in [2.45, 2.75) is 6.42 Å². The zero-order valence-corrected chi connectivity index (χ0v) is 5.68. The van der Waals surface area contributed by atoms with Crippen molar-refractivity contribution in [3.63, 3.8) is 0 Å². The summed E-state index contributed by atoms with van der Waals surface area (Å²) in [5.74, 6) is 4.20. The Labute approximate surface area is 62.8 Å². The maximum atomic E-state index is 10.6. The summed E-state index contributed by atoms with van der Waals surface area (Å²) in [6.45, 7) is 0. The standard InChI is InChI=1S/C5H8N4O2/c6-7-4(10)1-3-2-5(11)9-8-3/h1,8H,2,6H2,(H,7,10)(H,9,11)/b3-1-. The predicted molar refractivity (Wildman–Crippen MR) is 36.3 cm³/mol. The summed E-state index contributed by atoms with van der Waals surface area (Å²) in [6, 6.07) is 0. The van der Waals surface area contributed by atoms with E-state index in [0.717, 1.165) is 0 Å². The van der Waals surface area contributed by atoms with E-state index in [9.17, 15) is 9.59 Å². The van der Waals surface area contributed by atoms with Gasteiger partial charge in [0.1, 0.15) is 0 Å². The highest BCUT2D eigenvalue weighted by molar-refractivity contribution is 5.90. The van der Waals surface area contributed by atoms with Crippen LogP contribution in [0.1, 0.15) is 6.42 Å². The molecule has 6 nitrogen and oxygen atoms in total. The van der Waals surface area contributed by atoms with Gasteiger partial charge in [0.2, 0.25) is 5.91 Å². The fraction of sp³-hybridized carbons (Fsp3) is 0.200. The Morgan fingerprint density at radius 3 is 2.82 bits per heavy atom. The van der Waals surface area contributed by atoms with Crippen molar-refractivity contribution in [2.24, 2.45) is 5.84 Å². The molecule has 0 saturated carbocycles. The summed E-state index contributed by atoms with van der Waals surface area (Å²) in [7, 11) is 0. The van der Waals surface area contributed by atoms with Gasteiger partial charge >= 0.3 is 0 Å². The third-order valence-corrected chi connectivity index (χ3v) is 1.16. The molecule has 1 heterocycles. The third kappa shape index (κ3) is 1.94. The lowest BCUT2D eigenvalue weighted by atomic mass is 10.3. The SMILES string of the molecule is NNC(=O)/C=C1/CC(=O)NN1. The van der Waals surface area contributed by atoms with E-state index in [0.29, 0.717) is 5.70 Å². The molecule has 1 aliphatic rings. The zero-order chi connectivity index (χ0) is 8.27. The van der Waals surface area contributed by atoms with E-state index in [4.69, 9.17) is 5.84 Å². The second-order valence-corrected chi connectivity index (χ2v) is 2.03. The summed E-state index contributed by atoms with van der Waals surface area (Å²) < 4.78 is 0. The minimum atomic E-state index is -0.441. The second kappa shape index (κ2) is 3.02. The van der Waals surface area contributed by atoms with Crippen LogP contribution in [-0.4, -0.2) is 11.8 Å². The van der Waals surface area contributed by atoms with Crippen LogP contribution in [0.5, 0.6) is 0 Å². The molecule has 1 aliphatic heterocycles. The Morgan fingerprint density at radius 2 is 2.36 bits per heavy atom. The highest BCUT2D eigenvalue weighted by atomic mass is 16.2. The van der Waals surface area contributed by atoms with Gasteiger partial charge in [-0.3, -0.25) is 20.4 Å². The molecule has 6 heteroatoms.